The van der Waals surface area contributed by atoms with E-state index in [0.717, 1.165) is 10.5 Å². The van der Waals surface area contributed by atoms with Gasteiger partial charge in [-0.15, -0.1) is 0 Å². The zero-order chi connectivity index (χ0) is 10.6. The van der Waals surface area contributed by atoms with Crippen LogP contribution in [0.15, 0.2) is 24.3 Å². The summed E-state index contributed by atoms with van der Waals surface area (Å²) in [7, 11) is 0. The van der Waals surface area contributed by atoms with Gasteiger partial charge in [-0.05, 0) is 25.5 Å². The first kappa shape index (κ1) is 10.4. The maximum absolute atomic E-state index is 11.7. The molecule has 0 atom stereocenters. The van der Waals surface area contributed by atoms with Gasteiger partial charge in [-0.2, -0.15) is 0 Å². The van der Waals surface area contributed by atoms with Crippen molar-refractivity contribution in [1.82, 2.24) is 4.90 Å². The normalized spacial score (nSPS) is 9.57. The summed E-state index contributed by atoms with van der Waals surface area (Å²) >= 11 is 0. The van der Waals surface area contributed by atoms with Gasteiger partial charge in [0.15, 0.2) is 0 Å². The van der Waals surface area contributed by atoms with Gasteiger partial charge in [-0.3, -0.25) is 14.5 Å². The van der Waals surface area contributed by atoms with Crippen molar-refractivity contribution >= 4 is 12.3 Å². The summed E-state index contributed by atoms with van der Waals surface area (Å²) in [6.45, 7) is 4.02. The minimum Gasteiger partial charge on any atom is -0.281 e. The lowest BCUT2D eigenvalue weighted by Crippen LogP contribution is -2.29. The summed E-state index contributed by atoms with van der Waals surface area (Å²) < 4.78 is 0. The highest BCUT2D eigenvalue weighted by molar-refractivity contribution is 6.00. The van der Waals surface area contributed by atoms with Gasteiger partial charge in [-0.25, -0.2) is 0 Å². The Morgan fingerprint density at radius 2 is 2.07 bits per heavy atom. The maximum Gasteiger partial charge on any atom is 0.260 e. The number of imide groups is 1. The molecule has 0 spiro atoms. The Balaban J connectivity index is 3.00. The number of carbonyl (C=O) groups is 2. The number of amides is 2. The van der Waals surface area contributed by atoms with Gasteiger partial charge in [-0.1, -0.05) is 18.2 Å². The van der Waals surface area contributed by atoms with Crippen LogP contribution in [0.5, 0.6) is 0 Å². The second-order valence-corrected chi connectivity index (χ2v) is 3.01. The lowest BCUT2D eigenvalue weighted by molar-refractivity contribution is -0.115. The van der Waals surface area contributed by atoms with Crippen LogP contribution < -0.4 is 0 Å². The van der Waals surface area contributed by atoms with E-state index in [1.54, 1.807) is 19.1 Å². The van der Waals surface area contributed by atoms with Crippen LogP contribution in [0.1, 0.15) is 22.8 Å². The standard InChI is InChI=1S/C11H13NO2/c1-3-12(8-13)11(14)10-7-5-4-6-9(10)2/h4-8H,3H2,1-2H3. The Kier molecular flexibility index (Phi) is 3.40. The lowest BCUT2D eigenvalue weighted by Gasteiger charge is -2.13. The van der Waals surface area contributed by atoms with Crippen molar-refractivity contribution in [3.63, 3.8) is 0 Å². The van der Waals surface area contributed by atoms with Crippen molar-refractivity contribution in [2.45, 2.75) is 13.8 Å². The van der Waals surface area contributed by atoms with Crippen LogP contribution in [-0.2, 0) is 4.79 Å². The number of hydrogen-bond donors (Lipinski definition) is 0. The fraction of sp³-hybridized carbons (Fsp3) is 0.273. The Bertz CT molecular complexity index is 347. The van der Waals surface area contributed by atoms with E-state index in [1.165, 1.54) is 0 Å². The molecule has 0 aliphatic carbocycles. The molecule has 3 nitrogen and oxygen atoms in total. The third-order valence-electron chi connectivity index (χ3n) is 2.10. The van der Waals surface area contributed by atoms with Crippen LogP contribution in [0.25, 0.3) is 0 Å². The van der Waals surface area contributed by atoms with Crippen molar-refractivity contribution in [2.24, 2.45) is 0 Å². The van der Waals surface area contributed by atoms with E-state index >= 15 is 0 Å². The number of carbonyl (C=O) groups excluding carboxylic acids is 2. The average Bonchev–Trinajstić information content (AvgIpc) is 2.20. The van der Waals surface area contributed by atoms with Crippen LogP contribution in [0.2, 0.25) is 0 Å². The highest BCUT2D eigenvalue weighted by Gasteiger charge is 2.14. The minimum absolute atomic E-state index is 0.236. The molecule has 0 heterocycles. The predicted molar refractivity (Wildman–Crippen MR) is 54.0 cm³/mol. The van der Waals surface area contributed by atoms with Crippen LogP contribution in [-0.4, -0.2) is 23.8 Å². The second-order valence-electron chi connectivity index (χ2n) is 3.01. The van der Waals surface area contributed by atoms with Crippen molar-refractivity contribution in [1.29, 1.82) is 0 Å². The summed E-state index contributed by atoms with van der Waals surface area (Å²) in [5.41, 5.74) is 1.47. The number of rotatable bonds is 3. The van der Waals surface area contributed by atoms with Crippen molar-refractivity contribution in [2.75, 3.05) is 6.54 Å². The van der Waals surface area contributed by atoms with E-state index in [0.29, 0.717) is 18.5 Å². The molecule has 0 aromatic heterocycles. The van der Waals surface area contributed by atoms with E-state index in [-0.39, 0.29) is 5.91 Å². The van der Waals surface area contributed by atoms with Crippen LogP contribution in [0.3, 0.4) is 0 Å². The third kappa shape index (κ3) is 1.99. The van der Waals surface area contributed by atoms with Gasteiger partial charge in [0.2, 0.25) is 6.41 Å². The smallest absolute Gasteiger partial charge is 0.260 e. The van der Waals surface area contributed by atoms with E-state index in [2.05, 4.69) is 0 Å². The molecule has 0 fully saturated rings. The zero-order valence-corrected chi connectivity index (χ0v) is 8.36. The van der Waals surface area contributed by atoms with Crippen LogP contribution in [0, 0.1) is 6.92 Å². The maximum atomic E-state index is 11.7. The van der Waals surface area contributed by atoms with Gasteiger partial charge in [0, 0.05) is 12.1 Å². The molecule has 0 N–H and O–H groups in total. The zero-order valence-electron chi connectivity index (χ0n) is 8.36. The fourth-order valence-corrected chi connectivity index (χ4v) is 1.23. The third-order valence-corrected chi connectivity index (χ3v) is 2.10. The summed E-state index contributed by atoms with van der Waals surface area (Å²) in [4.78, 5) is 23.4. The summed E-state index contributed by atoms with van der Waals surface area (Å²) in [5.74, 6) is -0.236. The van der Waals surface area contributed by atoms with Crippen molar-refractivity contribution < 1.29 is 9.59 Å². The molecule has 0 saturated carbocycles. The second kappa shape index (κ2) is 4.56. The molecule has 0 aliphatic heterocycles. The largest absolute Gasteiger partial charge is 0.281 e. The van der Waals surface area contributed by atoms with Gasteiger partial charge >= 0.3 is 0 Å². The van der Waals surface area contributed by atoms with Gasteiger partial charge in [0.1, 0.15) is 0 Å². The first-order valence-corrected chi connectivity index (χ1v) is 4.52. The molecule has 2 amide bonds. The first-order valence-electron chi connectivity index (χ1n) is 4.52. The summed E-state index contributed by atoms with van der Waals surface area (Å²) in [6, 6.07) is 7.23. The monoisotopic (exact) mass is 191 g/mol. The van der Waals surface area contributed by atoms with E-state index < -0.39 is 0 Å². The lowest BCUT2D eigenvalue weighted by atomic mass is 10.1. The molecule has 1 rings (SSSR count). The molecule has 74 valence electrons. The number of nitrogens with zero attached hydrogens (tertiary/aromatic N) is 1. The highest BCUT2D eigenvalue weighted by atomic mass is 16.2. The molecule has 0 radical (unpaired) electrons. The van der Waals surface area contributed by atoms with Crippen molar-refractivity contribution in [3.05, 3.63) is 35.4 Å². The molecule has 1 aromatic rings. The molecule has 14 heavy (non-hydrogen) atoms. The Morgan fingerprint density at radius 1 is 1.43 bits per heavy atom. The molecular weight excluding hydrogens is 178 g/mol. The number of benzene rings is 1. The first-order chi connectivity index (χ1) is 6.70. The predicted octanol–water partition coefficient (Wildman–Crippen LogP) is 1.61. The van der Waals surface area contributed by atoms with Gasteiger partial charge in [0.05, 0.1) is 0 Å². The van der Waals surface area contributed by atoms with E-state index in [1.807, 2.05) is 19.1 Å². The van der Waals surface area contributed by atoms with Crippen LogP contribution in [0.4, 0.5) is 0 Å². The summed E-state index contributed by atoms with van der Waals surface area (Å²) in [5, 5.41) is 0. The summed E-state index contributed by atoms with van der Waals surface area (Å²) in [6.07, 6.45) is 0.564. The molecule has 0 aliphatic rings. The fourth-order valence-electron chi connectivity index (χ4n) is 1.23. The molecule has 3 heteroatoms. The van der Waals surface area contributed by atoms with Gasteiger partial charge in [0.25, 0.3) is 5.91 Å². The van der Waals surface area contributed by atoms with Crippen molar-refractivity contribution in [3.8, 4) is 0 Å². The SMILES string of the molecule is CCN(C=O)C(=O)c1ccccc1C. The quantitative estimate of drug-likeness (QED) is 0.681. The molecular formula is C11H13NO2. The molecule has 0 bridgehead atoms. The highest BCUT2D eigenvalue weighted by Crippen LogP contribution is 2.09. The molecule has 1 aromatic carbocycles. The molecule has 0 saturated heterocycles. The number of aryl methyl sites for hydroxylation is 1. The number of hydrogen-bond acceptors (Lipinski definition) is 2. The van der Waals surface area contributed by atoms with E-state index in [4.69, 9.17) is 0 Å². The van der Waals surface area contributed by atoms with Gasteiger partial charge < -0.3 is 0 Å². The van der Waals surface area contributed by atoms with Crippen LogP contribution >= 0.6 is 0 Å². The Hall–Kier alpha value is -1.64. The molecule has 0 unspecified atom stereocenters. The van der Waals surface area contributed by atoms with E-state index in [9.17, 15) is 9.59 Å². The average molecular weight is 191 g/mol. The minimum atomic E-state index is -0.236. The Labute approximate surface area is 83.3 Å². The Morgan fingerprint density at radius 3 is 2.57 bits per heavy atom. The topological polar surface area (TPSA) is 37.4 Å².